The summed E-state index contributed by atoms with van der Waals surface area (Å²) in [5, 5.41) is 8.60. The van der Waals surface area contributed by atoms with Crippen LogP contribution >= 0.6 is 22.6 Å². The van der Waals surface area contributed by atoms with Crippen LogP contribution in [0.4, 0.5) is 5.69 Å². The lowest BCUT2D eigenvalue weighted by Gasteiger charge is -2.04. The lowest BCUT2D eigenvalue weighted by atomic mass is 10.3. The van der Waals surface area contributed by atoms with Crippen LogP contribution in [0, 0.1) is 8.96 Å². The molecule has 0 fully saturated rings. The van der Waals surface area contributed by atoms with Gasteiger partial charge in [-0.25, -0.2) is 0 Å². The second-order valence-electron chi connectivity index (χ2n) is 2.50. The minimum Gasteiger partial charge on any atom is -1.00 e. The Morgan fingerprint density at radius 1 is 1.50 bits per heavy atom. The highest BCUT2D eigenvalue weighted by Crippen LogP contribution is 2.37. The van der Waals surface area contributed by atoms with Gasteiger partial charge in [0.25, 0.3) is 10.1 Å². The van der Waals surface area contributed by atoms with Crippen molar-refractivity contribution in [3.8, 4) is 5.75 Å². The Bertz CT molecular complexity index is 540. The van der Waals surface area contributed by atoms with Gasteiger partial charge in [0, 0.05) is 9.64 Å². The molecule has 0 aromatic heterocycles. The summed E-state index contributed by atoms with van der Waals surface area (Å²) < 4.78 is 36.1. The van der Waals surface area contributed by atoms with Crippen molar-refractivity contribution in [3.05, 3.63) is 20.7 Å². The summed E-state index contributed by atoms with van der Waals surface area (Å²) in [6.07, 6.45) is 0. The molecular formula is C7H6BrIN2O4S. The highest BCUT2D eigenvalue weighted by Gasteiger charge is 2.28. The van der Waals surface area contributed by atoms with Crippen molar-refractivity contribution in [2.75, 3.05) is 7.11 Å². The molecule has 0 amide bonds. The van der Waals surface area contributed by atoms with Crippen LogP contribution in [-0.4, -0.2) is 20.1 Å². The maximum absolute atomic E-state index is 11.0. The number of rotatable bonds is 2. The number of hydrogen-bond acceptors (Lipinski definition) is 4. The number of benzene rings is 1. The van der Waals surface area contributed by atoms with Gasteiger partial charge in [-0.15, -0.1) is 0 Å². The third-order valence-electron chi connectivity index (χ3n) is 1.61. The van der Waals surface area contributed by atoms with Crippen LogP contribution < -0.4 is 21.7 Å². The lowest BCUT2D eigenvalue weighted by molar-refractivity contribution is -0.00000771. The number of halogens is 2. The first-order valence-electron chi connectivity index (χ1n) is 3.61. The number of hydrogen-bond donors (Lipinski definition) is 1. The van der Waals surface area contributed by atoms with Gasteiger partial charge in [-0.1, -0.05) is 0 Å². The van der Waals surface area contributed by atoms with Crippen LogP contribution in [0.15, 0.2) is 17.0 Å². The molecule has 88 valence electrons. The van der Waals surface area contributed by atoms with Gasteiger partial charge in [-0.05, 0) is 28.7 Å². The van der Waals surface area contributed by atoms with E-state index in [0.29, 0.717) is 0 Å². The standard InChI is InChI=1S/C7H5IN2O4S.BrH/c1-14-6-5(10-9)3-2-4(8)7(6)15(11,12)13;/h2-3H,1H3;1H. The Hall–Kier alpha value is -0.440. The monoisotopic (exact) mass is 420 g/mol. The van der Waals surface area contributed by atoms with Crippen molar-refractivity contribution in [2.24, 2.45) is 0 Å². The predicted octanol–water partition coefficient (Wildman–Crippen LogP) is -0.965. The van der Waals surface area contributed by atoms with Crippen molar-refractivity contribution < 1.29 is 34.7 Å². The van der Waals surface area contributed by atoms with E-state index in [1.54, 1.807) is 22.6 Å². The zero-order chi connectivity index (χ0) is 11.6. The molecule has 0 aliphatic heterocycles. The molecule has 0 radical (unpaired) electrons. The molecule has 0 saturated carbocycles. The molecule has 0 bridgehead atoms. The van der Waals surface area contributed by atoms with E-state index in [0.717, 1.165) is 0 Å². The predicted molar refractivity (Wildman–Crippen MR) is 60.3 cm³/mol. The number of methoxy groups -OCH3 is 1. The smallest absolute Gasteiger partial charge is 0.427 e. The Balaban J connectivity index is 0.00000225. The minimum absolute atomic E-state index is 0. The van der Waals surface area contributed by atoms with Gasteiger partial charge >= 0.3 is 5.69 Å². The molecule has 0 aliphatic carbocycles. The molecule has 0 saturated heterocycles. The van der Waals surface area contributed by atoms with E-state index >= 15 is 0 Å². The molecule has 1 rings (SSSR count). The van der Waals surface area contributed by atoms with Crippen LogP contribution in [-0.2, 0) is 10.1 Å². The van der Waals surface area contributed by atoms with E-state index < -0.39 is 15.0 Å². The van der Waals surface area contributed by atoms with Gasteiger partial charge in [0.2, 0.25) is 11.1 Å². The first-order valence-corrected chi connectivity index (χ1v) is 6.12. The van der Waals surface area contributed by atoms with Gasteiger partial charge in [-0.3, -0.25) is 4.55 Å². The van der Waals surface area contributed by atoms with Crippen LogP contribution in [0.3, 0.4) is 0 Å². The summed E-state index contributed by atoms with van der Waals surface area (Å²) in [5.41, 5.74) is -0.0643. The third-order valence-corrected chi connectivity index (χ3v) is 3.80. The van der Waals surface area contributed by atoms with Crippen molar-refractivity contribution in [1.29, 1.82) is 5.39 Å². The maximum atomic E-state index is 11.0. The molecule has 0 aliphatic rings. The minimum atomic E-state index is -4.41. The largest absolute Gasteiger partial charge is 1.00 e. The highest BCUT2D eigenvalue weighted by atomic mass is 127. The number of nitrogens with zero attached hydrogens (tertiary/aromatic N) is 2. The van der Waals surface area contributed by atoms with Crippen LogP contribution in [0.1, 0.15) is 0 Å². The summed E-state index contributed by atoms with van der Waals surface area (Å²) in [7, 11) is -3.20. The molecule has 9 heteroatoms. The summed E-state index contributed by atoms with van der Waals surface area (Å²) in [4.78, 5) is 2.45. The molecule has 6 nitrogen and oxygen atoms in total. The fourth-order valence-corrected chi connectivity index (χ4v) is 3.04. The van der Waals surface area contributed by atoms with E-state index in [2.05, 4.69) is 4.98 Å². The molecule has 1 aromatic rings. The van der Waals surface area contributed by atoms with E-state index in [1.807, 2.05) is 0 Å². The lowest BCUT2D eigenvalue weighted by Crippen LogP contribution is -3.00. The summed E-state index contributed by atoms with van der Waals surface area (Å²) in [5.74, 6) is -0.188. The molecule has 0 atom stereocenters. The van der Waals surface area contributed by atoms with Crippen LogP contribution in [0.2, 0.25) is 0 Å². The quantitative estimate of drug-likeness (QED) is 0.378. The summed E-state index contributed by atoms with van der Waals surface area (Å²) in [6, 6.07) is 2.76. The number of diazo groups is 1. The van der Waals surface area contributed by atoms with E-state index in [4.69, 9.17) is 14.7 Å². The third kappa shape index (κ3) is 3.03. The van der Waals surface area contributed by atoms with Gasteiger partial charge in [-0.2, -0.15) is 8.42 Å². The molecular weight excluding hydrogens is 415 g/mol. The molecule has 0 spiro atoms. The zero-order valence-electron chi connectivity index (χ0n) is 7.89. The van der Waals surface area contributed by atoms with Crippen molar-refractivity contribution in [2.45, 2.75) is 4.90 Å². The van der Waals surface area contributed by atoms with E-state index in [1.165, 1.54) is 19.2 Å². The Kier molecular flexibility index (Phi) is 5.60. The molecule has 0 unspecified atom stereocenters. The summed E-state index contributed by atoms with van der Waals surface area (Å²) in [6.45, 7) is 0. The maximum Gasteiger partial charge on any atom is 0.427 e. The fraction of sp³-hybridized carbons (Fsp3) is 0.143. The normalized spacial score (nSPS) is 10.1. The average molecular weight is 421 g/mol. The molecule has 0 heterocycles. The number of ether oxygens (including phenoxy) is 1. The Labute approximate surface area is 116 Å². The molecule has 16 heavy (non-hydrogen) atoms. The first kappa shape index (κ1) is 15.6. The Morgan fingerprint density at radius 3 is 2.44 bits per heavy atom. The van der Waals surface area contributed by atoms with Crippen molar-refractivity contribution in [1.82, 2.24) is 0 Å². The van der Waals surface area contributed by atoms with Crippen molar-refractivity contribution >= 4 is 38.4 Å². The van der Waals surface area contributed by atoms with Crippen molar-refractivity contribution in [3.63, 3.8) is 0 Å². The molecule has 1 aromatic carbocycles. The second-order valence-corrected chi connectivity index (χ2v) is 5.02. The van der Waals surface area contributed by atoms with Gasteiger partial charge in [0.05, 0.1) is 7.11 Å². The van der Waals surface area contributed by atoms with E-state index in [-0.39, 0.29) is 32.0 Å². The summed E-state index contributed by atoms with van der Waals surface area (Å²) >= 11 is 1.73. The first-order chi connectivity index (χ1) is 6.91. The Morgan fingerprint density at radius 2 is 2.06 bits per heavy atom. The van der Waals surface area contributed by atoms with Gasteiger partial charge in [0.15, 0.2) is 9.87 Å². The van der Waals surface area contributed by atoms with Gasteiger partial charge in [0.1, 0.15) is 0 Å². The van der Waals surface area contributed by atoms with Crippen LogP contribution in [0.25, 0.3) is 4.98 Å². The second kappa shape index (κ2) is 5.76. The fourth-order valence-electron chi connectivity index (χ4n) is 1.04. The SMILES string of the molecule is COc1c([N+]#N)ccc(I)c1S(=O)(=O)O.[Br-]. The van der Waals surface area contributed by atoms with Gasteiger partial charge < -0.3 is 21.7 Å². The molecule has 1 N–H and O–H groups in total. The average Bonchev–Trinajstić information content (AvgIpc) is 2.15. The zero-order valence-corrected chi connectivity index (χ0v) is 12.4. The van der Waals surface area contributed by atoms with Crippen LogP contribution in [0.5, 0.6) is 5.75 Å². The topological polar surface area (TPSA) is 91.8 Å². The van der Waals surface area contributed by atoms with E-state index in [9.17, 15) is 8.42 Å². The highest BCUT2D eigenvalue weighted by molar-refractivity contribution is 14.1.